The molecule has 21 heavy (non-hydrogen) atoms. The molecule has 1 fully saturated rings. The summed E-state index contributed by atoms with van der Waals surface area (Å²) in [5.41, 5.74) is 0.414. The van der Waals surface area contributed by atoms with E-state index in [9.17, 15) is 9.90 Å². The van der Waals surface area contributed by atoms with E-state index in [1.807, 2.05) is 12.1 Å². The van der Waals surface area contributed by atoms with Gasteiger partial charge in [0.25, 0.3) is 5.91 Å². The van der Waals surface area contributed by atoms with Crippen LogP contribution in [-0.4, -0.2) is 32.4 Å². The summed E-state index contributed by atoms with van der Waals surface area (Å²) >= 11 is 0. The fraction of sp³-hybridized carbons (Fsp3) is 0.467. The highest BCUT2D eigenvalue weighted by molar-refractivity contribution is 5.82. The Hall–Kier alpha value is -2.08. The third-order valence-electron chi connectivity index (χ3n) is 4.07. The van der Waals surface area contributed by atoms with Crippen LogP contribution in [0.2, 0.25) is 0 Å². The van der Waals surface area contributed by atoms with E-state index in [4.69, 9.17) is 4.42 Å². The van der Waals surface area contributed by atoms with Crippen LogP contribution in [0.25, 0.3) is 0 Å². The predicted molar refractivity (Wildman–Crippen MR) is 75.1 cm³/mol. The van der Waals surface area contributed by atoms with Crippen LogP contribution >= 0.6 is 0 Å². The number of hydrogen-bond donors (Lipinski definition) is 2. The SMILES string of the molecule is CC1CCN(C(=O)C(O)c2cnc[nH]2)C(c2ccco2)C1. The molecule has 3 unspecified atom stereocenters. The van der Waals surface area contributed by atoms with Crippen molar-refractivity contribution in [2.75, 3.05) is 6.54 Å². The summed E-state index contributed by atoms with van der Waals surface area (Å²) in [5, 5.41) is 10.2. The second-order valence-corrected chi connectivity index (χ2v) is 5.60. The lowest BCUT2D eigenvalue weighted by atomic mass is 9.90. The first-order valence-electron chi connectivity index (χ1n) is 7.17. The van der Waals surface area contributed by atoms with Crippen LogP contribution in [0, 0.1) is 5.92 Å². The molecule has 0 saturated carbocycles. The highest BCUT2D eigenvalue weighted by atomic mass is 16.3. The van der Waals surface area contributed by atoms with Gasteiger partial charge in [0.1, 0.15) is 5.76 Å². The molecular weight excluding hydrogens is 270 g/mol. The van der Waals surface area contributed by atoms with Crippen molar-refractivity contribution in [3.63, 3.8) is 0 Å². The number of amides is 1. The van der Waals surface area contributed by atoms with Crippen LogP contribution in [0.3, 0.4) is 0 Å². The number of nitrogens with one attached hydrogen (secondary N) is 1. The number of rotatable bonds is 3. The maximum atomic E-state index is 12.6. The van der Waals surface area contributed by atoms with E-state index in [0.717, 1.165) is 18.6 Å². The molecule has 2 aromatic heterocycles. The van der Waals surface area contributed by atoms with Gasteiger partial charge < -0.3 is 19.4 Å². The van der Waals surface area contributed by atoms with Crippen molar-refractivity contribution in [3.05, 3.63) is 42.4 Å². The molecule has 0 bridgehead atoms. The van der Waals surface area contributed by atoms with Crippen LogP contribution in [-0.2, 0) is 4.79 Å². The Labute approximate surface area is 122 Å². The number of nitrogens with zero attached hydrogens (tertiary/aromatic N) is 2. The summed E-state index contributed by atoms with van der Waals surface area (Å²) in [7, 11) is 0. The van der Waals surface area contributed by atoms with Gasteiger partial charge in [-0.2, -0.15) is 0 Å². The lowest BCUT2D eigenvalue weighted by molar-refractivity contribution is -0.146. The minimum atomic E-state index is -1.21. The van der Waals surface area contributed by atoms with E-state index < -0.39 is 6.10 Å². The quantitative estimate of drug-likeness (QED) is 0.905. The average Bonchev–Trinajstić information content (AvgIpc) is 3.18. The van der Waals surface area contributed by atoms with Gasteiger partial charge in [-0.15, -0.1) is 0 Å². The number of aliphatic hydroxyl groups excluding tert-OH is 1. The van der Waals surface area contributed by atoms with Crippen molar-refractivity contribution in [2.45, 2.75) is 31.9 Å². The van der Waals surface area contributed by atoms with Crippen LogP contribution in [0.4, 0.5) is 0 Å². The fourth-order valence-corrected chi connectivity index (χ4v) is 2.86. The fourth-order valence-electron chi connectivity index (χ4n) is 2.86. The maximum absolute atomic E-state index is 12.6. The molecule has 3 rings (SSSR count). The number of aliphatic hydroxyl groups is 1. The molecule has 112 valence electrons. The second kappa shape index (κ2) is 5.73. The molecule has 2 aromatic rings. The minimum absolute atomic E-state index is 0.117. The molecule has 1 saturated heterocycles. The van der Waals surface area contributed by atoms with Gasteiger partial charge in [0.05, 0.1) is 30.5 Å². The Kier molecular flexibility index (Phi) is 3.79. The van der Waals surface area contributed by atoms with Gasteiger partial charge in [0.15, 0.2) is 6.10 Å². The van der Waals surface area contributed by atoms with Crippen molar-refractivity contribution in [2.24, 2.45) is 5.92 Å². The van der Waals surface area contributed by atoms with E-state index in [2.05, 4.69) is 16.9 Å². The number of furan rings is 1. The predicted octanol–water partition coefficient (Wildman–Crippen LogP) is 2.04. The Bertz CT molecular complexity index is 579. The molecule has 1 aliphatic rings. The van der Waals surface area contributed by atoms with E-state index >= 15 is 0 Å². The lowest BCUT2D eigenvalue weighted by Crippen LogP contribution is -2.43. The molecule has 3 heterocycles. The lowest BCUT2D eigenvalue weighted by Gasteiger charge is -2.38. The number of carbonyl (C=O) groups is 1. The molecule has 6 nitrogen and oxygen atoms in total. The number of carbonyl (C=O) groups excluding carboxylic acids is 1. The van der Waals surface area contributed by atoms with Crippen LogP contribution in [0.5, 0.6) is 0 Å². The average molecular weight is 289 g/mol. The van der Waals surface area contributed by atoms with Crippen LogP contribution in [0.15, 0.2) is 35.3 Å². The first kappa shape index (κ1) is 13.9. The molecule has 0 radical (unpaired) electrons. The molecular formula is C15H19N3O3. The van der Waals surface area contributed by atoms with Gasteiger partial charge >= 0.3 is 0 Å². The normalized spacial score (nSPS) is 24.0. The van der Waals surface area contributed by atoms with Gasteiger partial charge in [0, 0.05) is 6.54 Å². The largest absolute Gasteiger partial charge is 0.467 e. The van der Waals surface area contributed by atoms with Crippen LogP contribution < -0.4 is 0 Å². The molecule has 0 aliphatic carbocycles. The second-order valence-electron chi connectivity index (χ2n) is 5.60. The van der Waals surface area contributed by atoms with Gasteiger partial charge in [-0.05, 0) is 30.9 Å². The number of imidazole rings is 1. The number of likely N-dealkylation sites (tertiary alicyclic amines) is 1. The summed E-state index contributed by atoms with van der Waals surface area (Å²) in [6.07, 6.45) is 5.10. The minimum Gasteiger partial charge on any atom is -0.467 e. The zero-order valence-electron chi connectivity index (χ0n) is 11.9. The number of piperidine rings is 1. The van der Waals surface area contributed by atoms with E-state index in [0.29, 0.717) is 18.2 Å². The Morgan fingerprint density at radius 3 is 3.14 bits per heavy atom. The summed E-state index contributed by atoms with van der Waals surface area (Å²) in [6, 6.07) is 3.59. The van der Waals surface area contributed by atoms with Gasteiger partial charge in [0.2, 0.25) is 0 Å². The first-order chi connectivity index (χ1) is 10.2. The van der Waals surface area contributed by atoms with Crippen molar-refractivity contribution < 1.29 is 14.3 Å². The molecule has 1 amide bonds. The van der Waals surface area contributed by atoms with Crippen molar-refractivity contribution in [1.29, 1.82) is 0 Å². The van der Waals surface area contributed by atoms with Gasteiger partial charge in [-0.3, -0.25) is 4.79 Å². The highest BCUT2D eigenvalue weighted by Gasteiger charge is 2.36. The van der Waals surface area contributed by atoms with E-state index in [-0.39, 0.29) is 11.9 Å². The molecule has 6 heteroatoms. The number of aromatic nitrogens is 2. The van der Waals surface area contributed by atoms with E-state index in [1.54, 1.807) is 11.2 Å². The van der Waals surface area contributed by atoms with E-state index in [1.165, 1.54) is 12.5 Å². The summed E-state index contributed by atoms with van der Waals surface area (Å²) in [4.78, 5) is 20.9. The molecule has 3 atom stereocenters. The van der Waals surface area contributed by atoms with Gasteiger partial charge in [-0.25, -0.2) is 4.98 Å². The molecule has 1 aliphatic heterocycles. The highest BCUT2D eigenvalue weighted by Crippen LogP contribution is 2.35. The number of aromatic amines is 1. The van der Waals surface area contributed by atoms with Crippen molar-refractivity contribution in [3.8, 4) is 0 Å². The maximum Gasteiger partial charge on any atom is 0.258 e. The van der Waals surface area contributed by atoms with Gasteiger partial charge in [-0.1, -0.05) is 6.92 Å². The smallest absolute Gasteiger partial charge is 0.258 e. The van der Waals surface area contributed by atoms with Crippen molar-refractivity contribution >= 4 is 5.91 Å². The topological polar surface area (TPSA) is 82.4 Å². The first-order valence-corrected chi connectivity index (χ1v) is 7.17. The third-order valence-corrected chi connectivity index (χ3v) is 4.07. The standard InChI is InChI=1S/C15H19N3O3/c1-10-4-5-18(12(7-10)13-3-2-6-21-13)15(20)14(19)11-8-16-9-17-11/h2-3,6,8-10,12,14,19H,4-5,7H2,1H3,(H,16,17). The summed E-state index contributed by atoms with van der Waals surface area (Å²) in [5.74, 6) is 0.979. The van der Waals surface area contributed by atoms with Crippen LogP contribution in [0.1, 0.15) is 43.4 Å². The summed E-state index contributed by atoms with van der Waals surface area (Å²) < 4.78 is 5.48. The Morgan fingerprint density at radius 2 is 2.48 bits per heavy atom. The molecule has 0 aromatic carbocycles. The Balaban J connectivity index is 1.83. The number of H-pyrrole nitrogens is 1. The monoisotopic (exact) mass is 289 g/mol. The summed E-state index contributed by atoms with van der Waals surface area (Å²) in [6.45, 7) is 2.79. The molecule has 2 N–H and O–H groups in total. The van der Waals surface area contributed by atoms with Crippen molar-refractivity contribution in [1.82, 2.24) is 14.9 Å². The molecule has 0 spiro atoms. The Morgan fingerprint density at radius 1 is 1.62 bits per heavy atom. The number of hydrogen-bond acceptors (Lipinski definition) is 4. The third kappa shape index (κ3) is 2.71. The zero-order chi connectivity index (χ0) is 14.8. The zero-order valence-corrected chi connectivity index (χ0v) is 11.9.